The van der Waals surface area contributed by atoms with Crippen molar-refractivity contribution in [2.75, 3.05) is 11.9 Å². The molecule has 2 N–H and O–H groups in total. The van der Waals surface area contributed by atoms with Crippen LogP contribution in [0.25, 0.3) is 11.2 Å². The fourth-order valence-electron chi connectivity index (χ4n) is 3.18. The van der Waals surface area contributed by atoms with Crippen molar-refractivity contribution < 1.29 is 14.2 Å². The smallest absolute Gasteiger partial charge is 0.312 e. The Balaban J connectivity index is 1.64. The second-order valence-corrected chi connectivity index (χ2v) is 6.32. The van der Waals surface area contributed by atoms with E-state index >= 15 is 0 Å². The number of nitrogens with zero attached hydrogens (tertiary/aromatic N) is 4. The molecule has 136 valence electrons. The third-order valence-corrected chi connectivity index (χ3v) is 4.55. The number of benzene rings is 1. The summed E-state index contributed by atoms with van der Waals surface area (Å²) in [5.74, 6) is 0.464. The first-order valence-corrected chi connectivity index (χ1v) is 8.75. The van der Waals surface area contributed by atoms with E-state index in [9.17, 15) is 9.50 Å². The van der Waals surface area contributed by atoms with Crippen molar-refractivity contribution in [1.82, 2.24) is 19.5 Å². The average molecular weight is 357 g/mol. The Morgan fingerprint density at radius 1 is 1.23 bits per heavy atom. The Labute approximate surface area is 149 Å². The zero-order valence-corrected chi connectivity index (χ0v) is 14.2. The molecule has 3 aromatic rings. The molecule has 7 nitrogen and oxygen atoms in total. The molecule has 0 saturated carbocycles. The summed E-state index contributed by atoms with van der Waals surface area (Å²) in [5.41, 5.74) is 1.57. The molecule has 0 aliphatic carbocycles. The molecule has 1 fully saturated rings. The third kappa shape index (κ3) is 3.32. The Bertz CT molecular complexity index is 906. The van der Waals surface area contributed by atoms with Gasteiger partial charge in [0, 0.05) is 18.7 Å². The van der Waals surface area contributed by atoms with E-state index in [1.54, 1.807) is 29.1 Å². The number of imidazole rings is 1. The van der Waals surface area contributed by atoms with E-state index < -0.39 is 6.08 Å². The van der Waals surface area contributed by atoms with Gasteiger partial charge in [-0.25, -0.2) is 4.98 Å². The monoisotopic (exact) mass is 357 g/mol. The van der Waals surface area contributed by atoms with Gasteiger partial charge in [-0.05, 0) is 25.3 Å². The van der Waals surface area contributed by atoms with Crippen LogP contribution in [0.4, 0.5) is 10.2 Å². The van der Waals surface area contributed by atoms with E-state index in [2.05, 4.69) is 20.3 Å². The number of rotatable bonds is 4. The SMILES string of the molecule is Oc1ccccc1CNc1nc(F)nc2c1ncn2C1CCCCCO1. The van der Waals surface area contributed by atoms with E-state index in [0.717, 1.165) is 25.7 Å². The standard InChI is InChI=1S/C18H20FN5O2/c19-18-22-16(20-10-12-6-3-4-7-13(12)25)15-17(23-18)24(11-21-15)14-8-2-1-5-9-26-14/h3-4,6-7,11,14,25H,1-2,5,8-10H2,(H,20,22,23). The minimum atomic E-state index is -0.826. The fourth-order valence-corrected chi connectivity index (χ4v) is 3.18. The minimum Gasteiger partial charge on any atom is -0.508 e. The van der Waals surface area contributed by atoms with Crippen LogP contribution in [0, 0.1) is 6.08 Å². The molecule has 1 aliphatic heterocycles. The third-order valence-electron chi connectivity index (χ3n) is 4.55. The van der Waals surface area contributed by atoms with E-state index in [0.29, 0.717) is 35.7 Å². The highest BCUT2D eigenvalue weighted by atomic mass is 19.1. The largest absolute Gasteiger partial charge is 0.508 e. The zero-order valence-electron chi connectivity index (χ0n) is 14.2. The molecular weight excluding hydrogens is 337 g/mol. The Morgan fingerprint density at radius 3 is 3.00 bits per heavy atom. The highest BCUT2D eigenvalue weighted by molar-refractivity contribution is 5.82. The second-order valence-electron chi connectivity index (χ2n) is 6.32. The van der Waals surface area contributed by atoms with Gasteiger partial charge < -0.3 is 15.2 Å². The fraction of sp³-hybridized carbons (Fsp3) is 0.389. The molecule has 1 unspecified atom stereocenters. The van der Waals surface area contributed by atoms with Crippen LogP contribution in [-0.2, 0) is 11.3 Å². The number of hydrogen-bond acceptors (Lipinski definition) is 6. The van der Waals surface area contributed by atoms with Crippen molar-refractivity contribution in [3.63, 3.8) is 0 Å². The molecule has 8 heteroatoms. The van der Waals surface area contributed by atoms with E-state index in [-0.39, 0.29) is 12.0 Å². The molecule has 1 atom stereocenters. The van der Waals surface area contributed by atoms with Crippen molar-refractivity contribution in [1.29, 1.82) is 0 Å². The maximum atomic E-state index is 14.0. The lowest BCUT2D eigenvalue weighted by Gasteiger charge is -2.17. The summed E-state index contributed by atoms with van der Waals surface area (Å²) in [6, 6.07) is 6.96. The number of aromatic nitrogens is 4. The number of phenols is 1. The molecule has 3 heterocycles. The first-order chi connectivity index (χ1) is 12.7. The van der Waals surface area contributed by atoms with Gasteiger partial charge in [-0.2, -0.15) is 14.4 Å². The van der Waals surface area contributed by atoms with E-state index in [4.69, 9.17) is 4.74 Å². The normalized spacial score (nSPS) is 18.0. The summed E-state index contributed by atoms with van der Waals surface area (Å²) in [5, 5.41) is 12.9. The predicted molar refractivity (Wildman–Crippen MR) is 94.2 cm³/mol. The van der Waals surface area contributed by atoms with Crippen molar-refractivity contribution in [2.45, 2.75) is 38.5 Å². The first kappa shape index (κ1) is 16.7. The van der Waals surface area contributed by atoms with Crippen LogP contribution >= 0.6 is 0 Å². The van der Waals surface area contributed by atoms with Crippen LogP contribution in [-0.4, -0.2) is 31.2 Å². The van der Waals surface area contributed by atoms with Gasteiger partial charge in [-0.3, -0.25) is 4.57 Å². The van der Waals surface area contributed by atoms with Crippen LogP contribution in [0.1, 0.15) is 37.5 Å². The number of halogens is 1. The van der Waals surface area contributed by atoms with Gasteiger partial charge >= 0.3 is 6.08 Å². The molecule has 1 aromatic carbocycles. The van der Waals surface area contributed by atoms with Crippen LogP contribution in [0.15, 0.2) is 30.6 Å². The van der Waals surface area contributed by atoms with Crippen molar-refractivity contribution in [3.05, 3.63) is 42.2 Å². The molecule has 2 aromatic heterocycles. The van der Waals surface area contributed by atoms with Crippen LogP contribution in [0.5, 0.6) is 5.75 Å². The van der Waals surface area contributed by atoms with E-state index in [1.807, 2.05) is 6.07 Å². The number of phenolic OH excluding ortho intramolecular Hbond substituents is 1. The summed E-state index contributed by atoms with van der Waals surface area (Å²) < 4.78 is 21.7. The molecular formula is C18H20FN5O2. The van der Waals surface area contributed by atoms with E-state index in [1.165, 1.54) is 0 Å². The second kappa shape index (κ2) is 7.25. The number of para-hydroxylation sites is 1. The highest BCUT2D eigenvalue weighted by Crippen LogP contribution is 2.28. The van der Waals surface area contributed by atoms with Crippen molar-refractivity contribution >= 4 is 17.0 Å². The quantitative estimate of drug-likeness (QED) is 0.697. The molecule has 26 heavy (non-hydrogen) atoms. The summed E-state index contributed by atoms with van der Waals surface area (Å²) in [7, 11) is 0. The number of nitrogens with one attached hydrogen (secondary N) is 1. The van der Waals surface area contributed by atoms with Crippen LogP contribution in [0.3, 0.4) is 0 Å². The highest BCUT2D eigenvalue weighted by Gasteiger charge is 2.20. The minimum absolute atomic E-state index is 0.170. The van der Waals surface area contributed by atoms with Gasteiger partial charge in [0.25, 0.3) is 0 Å². The van der Waals surface area contributed by atoms with Gasteiger partial charge in [0.2, 0.25) is 0 Å². The summed E-state index contributed by atoms with van der Waals surface area (Å²) in [6.45, 7) is 0.974. The summed E-state index contributed by atoms with van der Waals surface area (Å²) in [4.78, 5) is 12.1. The molecule has 1 aliphatic rings. The topological polar surface area (TPSA) is 85.1 Å². The molecule has 0 spiro atoms. The maximum Gasteiger partial charge on any atom is 0.312 e. The molecule has 0 amide bonds. The number of hydrogen-bond donors (Lipinski definition) is 2. The molecule has 0 bridgehead atoms. The summed E-state index contributed by atoms with van der Waals surface area (Å²) in [6.07, 6.45) is 4.66. The molecule has 0 radical (unpaired) electrons. The zero-order chi connectivity index (χ0) is 17.9. The van der Waals surface area contributed by atoms with Gasteiger partial charge in [-0.15, -0.1) is 0 Å². The van der Waals surface area contributed by atoms with Gasteiger partial charge in [0.05, 0.1) is 6.33 Å². The van der Waals surface area contributed by atoms with Crippen molar-refractivity contribution in [3.8, 4) is 5.75 Å². The number of ether oxygens (including phenoxy) is 1. The summed E-state index contributed by atoms with van der Waals surface area (Å²) >= 11 is 0. The molecule has 1 saturated heterocycles. The number of aromatic hydroxyl groups is 1. The number of fused-ring (bicyclic) bond motifs is 1. The number of anilines is 1. The first-order valence-electron chi connectivity index (χ1n) is 8.75. The van der Waals surface area contributed by atoms with Gasteiger partial charge in [0.1, 0.15) is 12.0 Å². The Kier molecular flexibility index (Phi) is 4.66. The van der Waals surface area contributed by atoms with Crippen LogP contribution in [0.2, 0.25) is 0 Å². The van der Waals surface area contributed by atoms with Gasteiger partial charge in [-0.1, -0.05) is 24.6 Å². The lowest BCUT2D eigenvalue weighted by atomic mass is 10.2. The van der Waals surface area contributed by atoms with Crippen molar-refractivity contribution in [2.24, 2.45) is 0 Å². The lowest BCUT2D eigenvalue weighted by molar-refractivity contribution is 0.00928. The molecule has 4 rings (SSSR count). The average Bonchev–Trinajstić information content (AvgIpc) is 2.87. The maximum absolute atomic E-state index is 14.0. The van der Waals surface area contributed by atoms with Gasteiger partial charge in [0.15, 0.2) is 17.0 Å². The Hall–Kier alpha value is -2.74. The van der Waals surface area contributed by atoms with Crippen LogP contribution < -0.4 is 5.32 Å². The lowest BCUT2D eigenvalue weighted by Crippen LogP contribution is -2.12. The predicted octanol–water partition coefficient (Wildman–Crippen LogP) is 3.37. The Morgan fingerprint density at radius 2 is 2.12 bits per heavy atom.